The van der Waals surface area contributed by atoms with Gasteiger partial charge in [-0.1, -0.05) is 5.16 Å². The highest BCUT2D eigenvalue weighted by Crippen LogP contribution is 2.21. The SMILES string of the molecule is Cc1cc(CNc2nc(Cl)nc(C)c2N)no1. The second-order valence-corrected chi connectivity index (χ2v) is 3.96. The molecule has 0 radical (unpaired) electrons. The minimum absolute atomic E-state index is 0.163. The second kappa shape index (κ2) is 4.58. The summed E-state index contributed by atoms with van der Waals surface area (Å²) in [5.41, 5.74) is 7.73. The Kier molecular flexibility index (Phi) is 3.14. The van der Waals surface area contributed by atoms with Gasteiger partial charge in [0.2, 0.25) is 5.28 Å². The molecule has 2 heterocycles. The van der Waals surface area contributed by atoms with Gasteiger partial charge in [0.1, 0.15) is 11.5 Å². The van der Waals surface area contributed by atoms with Crippen LogP contribution in [0.15, 0.2) is 10.6 Å². The summed E-state index contributed by atoms with van der Waals surface area (Å²) >= 11 is 5.76. The molecule has 7 heteroatoms. The van der Waals surface area contributed by atoms with Gasteiger partial charge in [-0.25, -0.2) is 4.98 Å². The number of nitrogen functional groups attached to an aromatic ring is 1. The molecule has 0 aromatic carbocycles. The number of hydrogen-bond acceptors (Lipinski definition) is 6. The van der Waals surface area contributed by atoms with E-state index in [0.29, 0.717) is 23.7 Å². The molecule has 0 aliphatic carbocycles. The molecule has 90 valence electrons. The van der Waals surface area contributed by atoms with E-state index >= 15 is 0 Å². The highest BCUT2D eigenvalue weighted by Gasteiger charge is 2.08. The zero-order chi connectivity index (χ0) is 12.4. The van der Waals surface area contributed by atoms with Crippen molar-refractivity contribution in [1.82, 2.24) is 15.1 Å². The largest absolute Gasteiger partial charge is 0.394 e. The lowest BCUT2D eigenvalue weighted by atomic mass is 10.3. The predicted molar refractivity (Wildman–Crippen MR) is 64.8 cm³/mol. The Labute approximate surface area is 103 Å². The van der Waals surface area contributed by atoms with E-state index in [0.717, 1.165) is 11.5 Å². The van der Waals surface area contributed by atoms with Gasteiger partial charge in [-0.15, -0.1) is 0 Å². The molecule has 0 bridgehead atoms. The van der Waals surface area contributed by atoms with E-state index in [1.54, 1.807) is 6.92 Å². The van der Waals surface area contributed by atoms with E-state index in [1.165, 1.54) is 0 Å². The summed E-state index contributed by atoms with van der Waals surface area (Å²) in [6.45, 7) is 4.07. The molecule has 2 aromatic rings. The van der Waals surface area contributed by atoms with Crippen molar-refractivity contribution in [3.05, 3.63) is 28.5 Å². The van der Waals surface area contributed by atoms with Crippen LogP contribution < -0.4 is 11.1 Å². The monoisotopic (exact) mass is 253 g/mol. The molecule has 0 fully saturated rings. The predicted octanol–water partition coefficient (Wildman–Crippen LogP) is 1.93. The first-order valence-electron chi connectivity index (χ1n) is 5.02. The van der Waals surface area contributed by atoms with Crippen LogP contribution in [-0.4, -0.2) is 15.1 Å². The minimum atomic E-state index is 0.163. The summed E-state index contributed by atoms with van der Waals surface area (Å²) in [5.74, 6) is 1.26. The van der Waals surface area contributed by atoms with Crippen LogP contribution in [-0.2, 0) is 6.54 Å². The third kappa shape index (κ3) is 2.65. The molecule has 6 nitrogen and oxygen atoms in total. The number of rotatable bonds is 3. The highest BCUT2D eigenvalue weighted by molar-refractivity contribution is 6.28. The molecule has 17 heavy (non-hydrogen) atoms. The van der Waals surface area contributed by atoms with Crippen LogP contribution in [0.3, 0.4) is 0 Å². The Morgan fingerprint density at radius 3 is 2.82 bits per heavy atom. The molecule has 0 atom stereocenters. The summed E-state index contributed by atoms with van der Waals surface area (Å²) in [7, 11) is 0. The molecular formula is C10H12ClN5O. The lowest BCUT2D eigenvalue weighted by molar-refractivity contribution is 0.391. The fraction of sp³-hybridized carbons (Fsp3) is 0.300. The molecule has 3 N–H and O–H groups in total. The molecule has 0 aliphatic rings. The first-order valence-corrected chi connectivity index (χ1v) is 5.39. The van der Waals surface area contributed by atoms with Crippen molar-refractivity contribution in [2.45, 2.75) is 20.4 Å². The quantitative estimate of drug-likeness (QED) is 0.813. The van der Waals surface area contributed by atoms with Crippen LogP contribution in [0.4, 0.5) is 11.5 Å². The van der Waals surface area contributed by atoms with Gasteiger partial charge in [0, 0.05) is 6.07 Å². The van der Waals surface area contributed by atoms with Crippen LogP contribution in [0.2, 0.25) is 5.28 Å². The maximum atomic E-state index is 5.83. The number of nitrogens with two attached hydrogens (primary N) is 1. The number of halogens is 1. The Bertz CT molecular complexity index is 539. The van der Waals surface area contributed by atoms with Crippen molar-refractivity contribution < 1.29 is 4.52 Å². The summed E-state index contributed by atoms with van der Waals surface area (Å²) in [6, 6.07) is 1.83. The Morgan fingerprint density at radius 1 is 1.41 bits per heavy atom. The lowest BCUT2D eigenvalue weighted by Crippen LogP contribution is -2.07. The molecule has 0 aliphatic heterocycles. The van der Waals surface area contributed by atoms with Gasteiger partial charge in [0.25, 0.3) is 0 Å². The normalized spacial score (nSPS) is 10.5. The van der Waals surface area contributed by atoms with Gasteiger partial charge in [0.15, 0.2) is 5.82 Å². The van der Waals surface area contributed by atoms with Crippen molar-refractivity contribution in [2.75, 3.05) is 11.1 Å². The molecule has 0 amide bonds. The highest BCUT2D eigenvalue weighted by atomic mass is 35.5. The van der Waals surface area contributed by atoms with E-state index in [9.17, 15) is 0 Å². The fourth-order valence-corrected chi connectivity index (χ4v) is 1.57. The van der Waals surface area contributed by atoms with E-state index in [-0.39, 0.29) is 5.28 Å². The molecule has 2 aromatic heterocycles. The molecule has 0 saturated carbocycles. The van der Waals surface area contributed by atoms with Crippen molar-refractivity contribution in [1.29, 1.82) is 0 Å². The Hall–Kier alpha value is -1.82. The minimum Gasteiger partial charge on any atom is -0.394 e. The number of hydrogen-bond donors (Lipinski definition) is 2. The molecule has 2 rings (SSSR count). The standard InChI is InChI=1S/C10H12ClN5O/c1-5-3-7(16-17-5)4-13-9-8(12)6(2)14-10(11)15-9/h3H,4,12H2,1-2H3,(H,13,14,15). The van der Waals surface area contributed by atoms with E-state index in [2.05, 4.69) is 20.4 Å². The van der Waals surface area contributed by atoms with Gasteiger partial charge in [0.05, 0.1) is 17.9 Å². The summed E-state index contributed by atoms with van der Waals surface area (Å²) < 4.78 is 4.95. The molecule has 0 spiro atoms. The van der Waals surface area contributed by atoms with Gasteiger partial charge >= 0.3 is 0 Å². The van der Waals surface area contributed by atoms with Gasteiger partial charge in [-0.2, -0.15) is 4.98 Å². The van der Waals surface area contributed by atoms with E-state index in [4.69, 9.17) is 21.9 Å². The maximum absolute atomic E-state index is 5.83. The third-order valence-corrected chi connectivity index (χ3v) is 2.39. The summed E-state index contributed by atoms with van der Waals surface area (Å²) in [5, 5.41) is 7.05. The van der Waals surface area contributed by atoms with Gasteiger partial charge in [-0.3, -0.25) is 0 Å². The van der Waals surface area contributed by atoms with Crippen molar-refractivity contribution in [3.8, 4) is 0 Å². The number of anilines is 2. The smallest absolute Gasteiger partial charge is 0.224 e. The number of aromatic nitrogens is 3. The second-order valence-electron chi connectivity index (χ2n) is 3.62. The van der Waals surface area contributed by atoms with Gasteiger partial charge < -0.3 is 15.6 Å². The maximum Gasteiger partial charge on any atom is 0.224 e. The summed E-state index contributed by atoms with van der Waals surface area (Å²) in [6.07, 6.45) is 0. The zero-order valence-electron chi connectivity index (χ0n) is 9.49. The first kappa shape index (κ1) is 11.7. The third-order valence-electron chi connectivity index (χ3n) is 2.22. The molecule has 0 unspecified atom stereocenters. The number of nitrogens with one attached hydrogen (secondary N) is 1. The van der Waals surface area contributed by atoms with E-state index < -0.39 is 0 Å². The number of nitrogens with zero attached hydrogens (tertiary/aromatic N) is 3. The average molecular weight is 254 g/mol. The van der Waals surface area contributed by atoms with Crippen molar-refractivity contribution in [2.24, 2.45) is 0 Å². The molecular weight excluding hydrogens is 242 g/mol. The van der Waals surface area contributed by atoms with Crippen molar-refractivity contribution >= 4 is 23.1 Å². The number of aryl methyl sites for hydroxylation is 2. The average Bonchev–Trinajstić information content (AvgIpc) is 2.67. The van der Waals surface area contributed by atoms with Crippen LogP contribution >= 0.6 is 11.6 Å². The van der Waals surface area contributed by atoms with Crippen LogP contribution in [0, 0.1) is 13.8 Å². The Morgan fingerprint density at radius 2 is 2.18 bits per heavy atom. The van der Waals surface area contributed by atoms with Crippen LogP contribution in [0.1, 0.15) is 17.1 Å². The zero-order valence-corrected chi connectivity index (χ0v) is 10.2. The molecule has 0 saturated heterocycles. The van der Waals surface area contributed by atoms with Crippen molar-refractivity contribution in [3.63, 3.8) is 0 Å². The van der Waals surface area contributed by atoms with Crippen LogP contribution in [0.5, 0.6) is 0 Å². The Balaban J connectivity index is 2.14. The van der Waals surface area contributed by atoms with E-state index in [1.807, 2.05) is 13.0 Å². The fourth-order valence-electron chi connectivity index (χ4n) is 1.36. The van der Waals surface area contributed by atoms with Crippen LogP contribution in [0.25, 0.3) is 0 Å². The first-order chi connectivity index (χ1) is 8.06. The summed E-state index contributed by atoms with van der Waals surface area (Å²) in [4.78, 5) is 7.96. The van der Waals surface area contributed by atoms with Gasteiger partial charge in [-0.05, 0) is 25.4 Å². The lowest BCUT2D eigenvalue weighted by Gasteiger charge is -2.08. The topological polar surface area (TPSA) is 89.9 Å².